The largest absolute Gasteiger partial charge is 0.505 e. The SMILES string of the molecule is COC=C[C@H](CCC(=O)OC(C)(C)C)NC(=O)OCc1ccccc1. The number of benzene rings is 1. The van der Waals surface area contributed by atoms with Crippen LogP contribution in [-0.4, -0.2) is 30.8 Å². The van der Waals surface area contributed by atoms with Crippen molar-refractivity contribution in [3.63, 3.8) is 0 Å². The highest BCUT2D eigenvalue weighted by atomic mass is 16.6. The number of esters is 1. The highest BCUT2D eigenvalue weighted by Crippen LogP contribution is 2.11. The standard InChI is InChI=1S/C19H27NO5/c1-19(2,3)25-17(21)11-10-16(12-13-23-4)20-18(22)24-14-15-8-6-5-7-9-15/h5-9,12-13,16H,10-11,14H2,1-4H3,(H,20,22)/t16-/m0/s1. The van der Waals surface area contributed by atoms with Gasteiger partial charge in [-0.2, -0.15) is 0 Å². The third kappa shape index (κ3) is 10.1. The molecule has 1 aromatic rings. The summed E-state index contributed by atoms with van der Waals surface area (Å²) in [4.78, 5) is 23.8. The molecule has 0 radical (unpaired) electrons. The molecular formula is C19H27NO5. The molecule has 0 spiro atoms. The summed E-state index contributed by atoms with van der Waals surface area (Å²) < 4.78 is 15.3. The Bertz CT molecular complexity index is 563. The molecule has 0 aliphatic rings. The summed E-state index contributed by atoms with van der Waals surface area (Å²) in [5.74, 6) is -0.317. The van der Waals surface area contributed by atoms with Gasteiger partial charge >= 0.3 is 12.1 Å². The summed E-state index contributed by atoms with van der Waals surface area (Å²) in [5, 5.41) is 2.70. The van der Waals surface area contributed by atoms with Crippen LogP contribution in [0.15, 0.2) is 42.7 Å². The topological polar surface area (TPSA) is 73.9 Å². The molecular weight excluding hydrogens is 322 g/mol. The van der Waals surface area contributed by atoms with Crippen molar-refractivity contribution in [3.8, 4) is 0 Å². The van der Waals surface area contributed by atoms with E-state index in [1.807, 2.05) is 51.1 Å². The van der Waals surface area contributed by atoms with Gasteiger partial charge < -0.3 is 19.5 Å². The molecule has 0 saturated carbocycles. The Morgan fingerprint density at radius 2 is 1.88 bits per heavy atom. The van der Waals surface area contributed by atoms with Crippen LogP contribution < -0.4 is 5.32 Å². The molecule has 0 fully saturated rings. The van der Waals surface area contributed by atoms with Crippen LogP contribution in [-0.2, 0) is 25.6 Å². The van der Waals surface area contributed by atoms with Crippen molar-refractivity contribution in [2.24, 2.45) is 0 Å². The van der Waals surface area contributed by atoms with Crippen molar-refractivity contribution in [2.75, 3.05) is 7.11 Å². The van der Waals surface area contributed by atoms with Crippen LogP contribution in [0, 0.1) is 0 Å². The lowest BCUT2D eigenvalue weighted by Gasteiger charge is -2.20. The minimum Gasteiger partial charge on any atom is -0.505 e. The van der Waals surface area contributed by atoms with Crippen molar-refractivity contribution in [2.45, 2.75) is 51.9 Å². The molecule has 25 heavy (non-hydrogen) atoms. The molecule has 1 rings (SSSR count). The zero-order chi connectivity index (χ0) is 18.7. The lowest BCUT2D eigenvalue weighted by molar-refractivity contribution is -0.155. The number of nitrogens with one attached hydrogen (secondary N) is 1. The molecule has 6 nitrogen and oxygen atoms in total. The van der Waals surface area contributed by atoms with Gasteiger partial charge in [0.1, 0.15) is 12.2 Å². The highest BCUT2D eigenvalue weighted by molar-refractivity contribution is 5.70. The summed E-state index contributed by atoms with van der Waals surface area (Å²) >= 11 is 0. The number of carbonyl (C=O) groups excluding carboxylic acids is 2. The quantitative estimate of drug-likeness (QED) is 0.574. The summed E-state index contributed by atoms with van der Waals surface area (Å²) in [6.45, 7) is 5.62. The number of methoxy groups -OCH3 is 1. The van der Waals surface area contributed by atoms with E-state index in [-0.39, 0.29) is 19.0 Å². The molecule has 0 unspecified atom stereocenters. The summed E-state index contributed by atoms with van der Waals surface area (Å²) in [6, 6.07) is 9.00. The Kier molecular flexibility index (Phi) is 8.53. The van der Waals surface area contributed by atoms with Gasteiger partial charge in [-0.15, -0.1) is 0 Å². The van der Waals surface area contributed by atoms with Gasteiger partial charge in [-0.1, -0.05) is 30.3 Å². The number of hydrogen-bond acceptors (Lipinski definition) is 5. The van der Waals surface area contributed by atoms with Crippen LogP contribution in [0.3, 0.4) is 0 Å². The minimum atomic E-state index is -0.557. The maximum Gasteiger partial charge on any atom is 0.407 e. The van der Waals surface area contributed by atoms with E-state index >= 15 is 0 Å². The first-order chi connectivity index (χ1) is 11.8. The second-order valence-electron chi connectivity index (χ2n) is 6.50. The molecule has 1 aromatic carbocycles. The predicted octanol–water partition coefficient (Wildman–Crippen LogP) is 3.56. The van der Waals surface area contributed by atoms with Crippen LogP contribution in [0.2, 0.25) is 0 Å². The predicted molar refractivity (Wildman–Crippen MR) is 94.8 cm³/mol. The first-order valence-electron chi connectivity index (χ1n) is 8.18. The van der Waals surface area contributed by atoms with Crippen LogP contribution >= 0.6 is 0 Å². The van der Waals surface area contributed by atoms with Crippen molar-refractivity contribution in [1.29, 1.82) is 0 Å². The maximum atomic E-state index is 11.9. The van der Waals surface area contributed by atoms with Crippen molar-refractivity contribution in [1.82, 2.24) is 5.32 Å². The molecule has 1 atom stereocenters. The van der Waals surface area contributed by atoms with E-state index in [2.05, 4.69) is 5.32 Å². The monoisotopic (exact) mass is 349 g/mol. The lowest BCUT2D eigenvalue weighted by Crippen LogP contribution is -2.35. The lowest BCUT2D eigenvalue weighted by atomic mass is 10.1. The van der Waals surface area contributed by atoms with E-state index < -0.39 is 17.7 Å². The van der Waals surface area contributed by atoms with Crippen molar-refractivity contribution >= 4 is 12.1 Å². The Labute approximate surface area is 149 Å². The van der Waals surface area contributed by atoms with Crippen molar-refractivity contribution in [3.05, 3.63) is 48.2 Å². The molecule has 1 amide bonds. The fourth-order valence-electron chi connectivity index (χ4n) is 1.97. The van der Waals surface area contributed by atoms with Crippen LogP contribution in [0.1, 0.15) is 39.2 Å². The van der Waals surface area contributed by atoms with Gasteiger partial charge in [0.2, 0.25) is 0 Å². The summed E-state index contributed by atoms with van der Waals surface area (Å²) in [6.07, 6.45) is 3.12. The van der Waals surface area contributed by atoms with E-state index in [1.165, 1.54) is 13.4 Å². The van der Waals surface area contributed by atoms with Gasteiger partial charge in [-0.05, 0) is 38.8 Å². The van der Waals surface area contributed by atoms with Gasteiger partial charge in [-0.25, -0.2) is 4.79 Å². The molecule has 0 heterocycles. The number of ether oxygens (including phenoxy) is 3. The number of amides is 1. The number of hydrogen-bond donors (Lipinski definition) is 1. The third-order valence-electron chi connectivity index (χ3n) is 3.04. The number of carbonyl (C=O) groups is 2. The van der Waals surface area contributed by atoms with Gasteiger partial charge in [0.05, 0.1) is 19.4 Å². The first-order valence-corrected chi connectivity index (χ1v) is 8.18. The maximum absolute atomic E-state index is 11.9. The van der Waals surface area contributed by atoms with Gasteiger partial charge in [0.15, 0.2) is 0 Å². The normalized spacial score (nSPS) is 12.5. The number of alkyl carbamates (subject to hydrolysis) is 1. The van der Waals surface area contributed by atoms with E-state index in [0.29, 0.717) is 6.42 Å². The molecule has 0 aliphatic carbocycles. The fourth-order valence-corrected chi connectivity index (χ4v) is 1.97. The Hall–Kier alpha value is -2.50. The molecule has 138 valence electrons. The highest BCUT2D eigenvalue weighted by Gasteiger charge is 2.18. The summed E-state index contributed by atoms with van der Waals surface area (Å²) in [7, 11) is 1.51. The van der Waals surface area contributed by atoms with Crippen LogP contribution in [0.4, 0.5) is 4.79 Å². The van der Waals surface area contributed by atoms with Crippen LogP contribution in [0.5, 0.6) is 0 Å². The Balaban J connectivity index is 2.47. The smallest absolute Gasteiger partial charge is 0.407 e. The number of rotatable bonds is 8. The van der Waals surface area contributed by atoms with Crippen LogP contribution in [0.25, 0.3) is 0 Å². The average Bonchev–Trinajstić information content (AvgIpc) is 2.55. The summed E-state index contributed by atoms with van der Waals surface area (Å²) in [5.41, 5.74) is 0.368. The van der Waals surface area contributed by atoms with E-state index in [1.54, 1.807) is 6.08 Å². The minimum absolute atomic E-state index is 0.176. The molecule has 6 heteroatoms. The average molecular weight is 349 g/mol. The van der Waals surface area contributed by atoms with Crippen molar-refractivity contribution < 1.29 is 23.8 Å². The molecule has 1 N–H and O–H groups in total. The Morgan fingerprint density at radius 1 is 1.20 bits per heavy atom. The molecule has 0 aromatic heterocycles. The molecule has 0 saturated heterocycles. The zero-order valence-electron chi connectivity index (χ0n) is 15.3. The second-order valence-corrected chi connectivity index (χ2v) is 6.50. The first kappa shape index (κ1) is 20.5. The van der Waals surface area contributed by atoms with Gasteiger partial charge in [-0.3, -0.25) is 4.79 Å². The fraction of sp³-hybridized carbons (Fsp3) is 0.474. The molecule has 0 bridgehead atoms. The van der Waals surface area contributed by atoms with Gasteiger partial charge in [0.25, 0.3) is 0 Å². The third-order valence-corrected chi connectivity index (χ3v) is 3.04. The zero-order valence-corrected chi connectivity index (χ0v) is 15.3. The van der Waals surface area contributed by atoms with E-state index in [4.69, 9.17) is 14.2 Å². The van der Waals surface area contributed by atoms with E-state index in [0.717, 1.165) is 5.56 Å². The second kappa shape index (κ2) is 10.4. The van der Waals surface area contributed by atoms with Gasteiger partial charge in [0, 0.05) is 6.42 Å². The Morgan fingerprint density at radius 3 is 2.48 bits per heavy atom. The molecule has 0 aliphatic heterocycles. The van der Waals surface area contributed by atoms with E-state index in [9.17, 15) is 9.59 Å².